The van der Waals surface area contributed by atoms with Gasteiger partial charge in [-0.2, -0.15) is 5.26 Å². The number of anilines is 1. The highest BCUT2D eigenvalue weighted by molar-refractivity contribution is 6.31. The average molecular weight is 371 g/mol. The van der Waals surface area contributed by atoms with Crippen LogP contribution in [0.15, 0.2) is 48.5 Å². The smallest absolute Gasteiger partial charge is 0.279 e. The number of piperazine rings is 1. The summed E-state index contributed by atoms with van der Waals surface area (Å²) in [6.45, 7) is 5.49. The van der Waals surface area contributed by atoms with Crippen molar-refractivity contribution in [3.05, 3.63) is 64.7 Å². The zero-order valence-corrected chi connectivity index (χ0v) is 15.4. The number of hydrogen-bond acceptors (Lipinski definition) is 2. The Bertz CT molecular complexity index is 795. The van der Waals surface area contributed by atoms with Crippen LogP contribution in [-0.4, -0.2) is 38.6 Å². The van der Waals surface area contributed by atoms with Gasteiger partial charge in [0.1, 0.15) is 38.8 Å². The highest BCUT2D eigenvalue weighted by Gasteiger charge is 2.25. The second kappa shape index (κ2) is 8.81. The van der Waals surface area contributed by atoms with Gasteiger partial charge >= 0.3 is 0 Å². The van der Waals surface area contributed by atoms with Crippen LogP contribution < -0.4 is 15.1 Å². The Labute approximate surface area is 158 Å². The molecule has 1 fully saturated rings. The molecule has 0 bridgehead atoms. The number of nitriles is 1. The van der Waals surface area contributed by atoms with E-state index < -0.39 is 0 Å². The molecule has 1 aliphatic rings. The highest BCUT2D eigenvalue weighted by Crippen LogP contribution is 2.20. The van der Waals surface area contributed by atoms with Gasteiger partial charge in [0.25, 0.3) is 5.91 Å². The number of benzene rings is 2. The van der Waals surface area contributed by atoms with Gasteiger partial charge < -0.3 is 15.1 Å². The van der Waals surface area contributed by atoms with E-state index >= 15 is 0 Å². The Balaban J connectivity index is 1.48. The van der Waals surface area contributed by atoms with Gasteiger partial charge in [-0.15, -0.1) is 0 Å². The summed E-state index contributed by atoms with van der Waals surface area (Å²) in [7, 11) is 0. The second-order valence-electron chi connectivity index (χ2n) is 6.69. The Hall–Kier alpha value is -2.39. The van der Waals surface area contributed by atoms with E-state index in [4.69, 9.17) is 16.9 Å². The molecule has 0 saturated carbocycles. The van der Waals surface area contributed by atoms with E-state index in [9.17, 15) is 4.79 Å². The lowest BCUT2D eigenvalue weighted by atomic mass is 10.2. The van der Waals surface area contributed by atoms with E-state index in [0.717, 1.165) is 32.7 Å². The number of carbonyl (C=O) groups excluding carboxylic acids is 1. The fraction of sp³-hybridized carbons (Fsp3) is 0.300. The number of nitrogens with one attached hydrogen (secondary N) is 3. The molecular weight excluding hydrogens is 348 g/mol. The third kappa shape index (κ3) is 5.06. The molecule has 6 heteroatoms. The first-order valence-electron chi connectivity index (χ1n) is 8.84. The molecule has 0 aliphatic carbocycles. The van der Waals surface area contributed by atoms with Gasteiger partial charge in [0.2, 0.25) is 0 Å². The van der Waals surface area contributed by atoms with E-state index in [1.165, 1.54) is 10.5 Å². The molecular formula is C20H23ClN4O+2. The maximum Gasteiger partial charge on any atom is 0.279 e. The quantitative estimate of drug-likeness (QED) is 0.701. The van der Waals surface area contributed by atoms with Crippen LogP contribution in [0.1, 0.15) is 11.1 Å². The normalized spacial score (nSPS) is 19.5. The first kappa shape index (κ1) is 18.4. The van der Waals surface area contributed by atoms with Crippen LogP contribution in [-0.2, 0) is 11.3 Å². The molecule has 1 heterocycles. The van der Waals surface area contributed by atoms with Crippen molar-refractivity contribution in [2.45, 2.75) is 6.54 Å². The summed E-state index contributed by atoms with van der Waals surface area (Å²) >= 11 is 5.96. The molecule has 0 spiro atoms. The second-order valence-corrected chi connectivity index (χ2v) is 7.13. The highest BCUT2D eigenvalue weighted by atomic mass is 35.5. The number of halogens is 1. The van der Waals surface area contributed by atoms with Gasteiger partial charge in [-0.3, -0.25) is 4.79 Å². The molecule has 26 heavy (non-hydrogen) atoms. The molecule has 1 amide bonds. The summed E-state index contributed by atoms with van der Waals surface area (Å²) in [6, 6.07) is 17.5. The number of nitrogens with zero attached hydrogens (tertiary/aromatic N) is 1. The largest absolute Gasteiger partial charge is 0.322 e. The minimum absolute atomic E-state index is 0.0784. The van der Waals surface area contributed by atoms with Crippen LogP contribution in [0.25, 0.3) is 0 Å². The molecule has 3 rings (SSSR count). The van der Waals surface area contributed by atoms with Crippen molar-refractivity contribution in [3.8, 4) is 6.07 Å². The number of amides is 1. The monoisotopic (exact) mass is 370 g/mol. The predicted molar refractivity (Wildman–Crippen MR) is 101 cm³/mol. The SMILES string of the molecule is N#Cc1ccc(Cl)cc1NC(=O)C[NH+]1CC[NH+](Cc2ccccc2)CC1. The molecule has 0 aromatic heterocycles. The maximum atomic E-state index is 12.3. The van der Waals surface area contributed by atoms with Crippen LogP contribution >= 0.6 is 11.6 Å². The third-order valence-electron chi connectivity index (χ3n) is 4.75. The zero-order valence-electron chi connectivity index (χ0n) is 14.6. The summed E-state index contributed by atoms with van der Waals surface area (Å²) in [4.78, 5) is 15.2. The number of carbonyl (C=O) groups is 1. The van der Waals surface area contributed by atoms with E-state index in [1.54, 1.807) is 23.1 Å². The van der Waals surface area contributed by atoms with Crippen molar-refractivity contribution in [3.63, 3.8) is 0 Å². The third-order valence-corrected chi connectivity index (χ3v) is 4.98. The topological polar surface area (TPSA) is 61.8 Å². The van der Waals surface area contributed by atoms with Gasteiger partial charge in [0.05, 0.1) is 11.3 Å². The minimum atomic E-state index is -0.0784. The molecule has 134 valence electrons. The van der Waals surface area contributed by atoms with Crippen molar-refractivity contribution < 1.29 is 14.6 Å². The summed E-state index contributed by atoms with van der Waals surface area (Å²) in [5.41, 5.74) is 2.27. The Morgan fingerprint density at radius 1 is 1.08 bits per heavy atom. The summed E-state index contributed by atoms with van der Waals surface area (Å²) in [6.07, 6.45) is 0. The zero-order chi connectivity index (χ0) is 18.4. The molecule has 0 unspecified atom stereocenters. The molecule has 1 aliphatic heterocycles. The summed E-state index contributed by atoms with van der Waals surface area (Å²) in [5.74, 6) is -0.0784. The van der Waals surface area contributed by atoms with E-state index in [2.05, 4.69) is 35.7 Å². The van der Waals surface area contributed by atoms with E-state index in [-0.39, 0.29) is 5.91 Å². The lowest BCUT2D eigenvalue weighted by molar-refractivity contribution is -1.02. The molecule has 5 nitrogen and oxygen atoms in total. The van der Waals surface area contributed by atoms with Gasteiger partial charge in [0.15, 0.2) is 6.54 Å². The Morgan fingerprint density at radius 2 is 1.77 bits per heavy atom. The molecule has 3 N–H and O–H groups in total. The number of quaternary nitrogens is 2. The molecule has 0 radical (unpaired) electrons. The van der Waals surface area contributed by atoms with E-state index in [0.29, 0.717) is 22.8 Å². The molecule has 0 atom stereocenters. The van der Waals surface area contributed by atoms with Crippen LogP contribution in [0, 0.1) is 11.3 Å². The van der Waals surface area contributed by atoms with Crippen LogP contribution in [0.5, 0.6) is 0 Å². The van der Waals surface area contributed by atoms with Gasteiger partial charge in [-0.1, -0.05) is 41.9 Å². The van der Waals surface area contributed by atoms with Crippen LogP contribution in [0.3, 0.4) is 0 Å². The lowest BCUT2D eigenvalue weighted by Crippen LogP contribution is -3.28. The van der Waals surface area contributed by atoms with Crippen molar-refractivity contribution in [1.29, 1.82) is 5.26 Å². The molecule has 2 aromatic rings. The van der Waals surface area contributed by atoms with Crippen molar-refractivity contribution >= 4 is 23.2 Å². The summed E-state index contributed by atoms with van der Waals surface area (Å²) in [5, 5.41) is 12.5. The standard InChI is InChI=1S/C20H21ClN4O/c21-18-7-6-17(13-22)19(12-18)23-20(26)15-25-10-8-24(9-11-25)14-16-4-2-1-3-5-16/h1-7,12H,8-11,14-15H2,(H,23,26)/p+2. The first-order chi connectivity index (χ1) is 12.6. The first-order valence-corrected chi connectivity index (χ1v) is 9.22. The van der Waals surface area contributed by atoms with Crippen molar-refractivity contribution in [2.75, 3.05) is 38.0 Å². The van der Waals surface area contributed by atoms with Gasteiger partial charge in [0, 0.05) is 10.6 Å². The molecule has 1 saturated heterocycles. The van der Waals surface area contributed by atoms with Gasteiger partial charge in [-0.05, 0) is 18.2 Å². The number of rotatable bonds is 5. The fourth-order valence-electron chi connectivity index (χ4n) is 3.33. The number of hydrogen-bond donors (Lipinski definition) is 3. The molecule has 2 aromatic carbocycles. The minimum Gasteiger partial charge on any atom is -0.322 e. The maximum absolute atomic E-state index is 12.3. The average Bonchev–Trinajstić information content (AvgIpc) is 2.64. The summed E-state index contributed by atoms with van der Waals surface area (Å²) < 4.78 is 0. The van der Waals surface area contributed by atoms with E-state index in [1.807, 2.05) is 6.07 Å². The fourth-order valence-corrected chi connectivity index (χ4v) is 3.51. The lowest BCUT2D eigenvalue weighted by Gasteiger charge is -2.29. The Morgan fingerprint density at radius 3 is 2.46 bits per heavy atom. The van der Waals surface area contributed by atoms with Crippen molar-refractivity contribution in [1.82, 2.24) is 0 Å². The van der Waals surface area contributed by atoms with Gasteiger partial charge in [-0.25, -0.2) is 0 Å². The van der Waals surface area contributed by atoms with Crippen molar-refractivity contribution in [2.24, 2.45) is 0 Å². The Kier molecular flexibility index (Phi) is 6.24. The van der Waals surface area contributed by atoms with Crippen LogP contribution in [0.4, 0.5) is 5.69 Å². The predicted octanol–water partition coefficient (Wildman–Crippen LogP) is 0.134. The van der Waals surface area contributed by atoms with Crippen LogP contribution in [0.2, 0.25) is 5.02 Å².